The van der Waals surface area contributed by atoms with Crippen LogP contribution in [0.15, 0.2) is 22.6 Å². The molecule has 19 heavy (non-hydrogen) atoms. The first kappa shape index (κ1) is 13.8. The third-order valence-corrected chi connectivity index (χ3v) is 2.91. The highest BCUT2D eigenvalue weighted by atomic mass is 35.5. The smallest absolute Gasteiger partial charge is 0.318 e. The average Bonchev–Trinajstić information content (AvgIpc) is 2.85. The SMILES string of the molecule is CCN(Cc1cccc(C)n1)c1nnc(C(C)Cl)o1. The summed E-state index contributed by atoms with van der Waals surface area (Å²) >= 11 is 5.92. The van der Waals surface area contributed by atoms with E-state index in [1.165, 1.54) is 0 Å². The topological polar surface area (TPSA) is 55.1 Å². The van der Waals surface area contributed by atoms with Crippen molar-refractivity contribution >= 4 is 17.6 Å². The Morgan fingerprint density at radius 3 is 2.74 bits per heavy atom. The molecule has 102 valence electrons. The Labute approximate surface area is 117 Å². The monoisotopic (exact) mass is 280 g/mol. The van der Waals surface area contributed by atoms with Gasteiger partial charge in [0.2, 0.25) is 5.89 Å². The van der Waals surface area contributed by atoms with Gasteiger partial charge in [0.25, 0.3) is 0 Å². The van der Waals surface area contributed by atoms with Crippen molar-refractivity contribution in [3.63, 3.8) is 0 Å². The highest BCUT2D eigenvalue weighted by Gasteiger charge is 2.16. The number of halogens is 1. The molecule has 2 aromatic rings. The summed E-state index contributed by atoms with van der Waals surface area (Å²) in [6.07, 6.45) is 0. The van der Waals surface area contributed by atoms with E-state index in [2.05, 4.69) is 15.2 Å². The lowest BCUT2D eigenvalue weighted by atomic mass is 10.3. The Morgan fingerprint density at radius 1 is 1.37 bits per heavy atom. The van der Waals surface area contributed by atoms with Crippen molar-refractivity contribution < 1.29 is 4.42 Å². The second-order valence-corrected chi connectivity index (χ2v) is 4.98. The molecule has 6 heteroatoms. The van der Waals surface area contributed by atoms with Gasteiger partial charge in [0.1, 0.15) is 5.38 Å². The molecular formula is C13H17ClN4O. The molecule has 0 N–H and O–H groups in total. The number of hydrogen-bond donors (Lipinski definition) is 0. The molecule has 0 aliphatic carbocycles. The fraction of sp³-hybridized carbons (Fsp3) is 0.462. The number of alkyl halides is 1. The molecule has 0 aromatic carbocycles. The Balaban J connectivity index is 2.15. The van der Waals surface area contributed by atoms with Crippen molar-refractivity contribution in [3.05, 3.63) is 35.5 Å². The van der Waals surface area contributed by atoms with Gasteiger partial charge in [0.15, 0.2) is 0 Å². The third kappa shape index (κ3) is 3.44. The number of pyridine rings is 1. The molecule has 0 saturated heterocycles. The van der Waals surface area contributed by atoms with E-state index < -0.39 is 0 Å². The van der Waals surface area contributed by atoms with Crippen LogP contribution in [-0.2, 0) is 6.54 Å². The summed E-state index contributed by atoms with van der Waals surface area (Å²) < 4.78 is 5.54. The van der Waals surface area contributed by atoms with Crippen LogP contribution < -0.4 is 4.90 Å². The minimum atomic E-state index is -0.281. The Kier molecular flexibility index (Phi) is 4.37. The summed E-state index contributed by atoms with van der Waals surface area (Å²) in [5.74, 6) is 0.437. The molecule has 0 radical (unpaired) electrons. The maximum atomic E-state index is 5.92. The summed E-state index contributed by atoms with van der Waals surface area (Å²) in [6.45, 7) is 7.20. The van der Waals surface area contributed by atoms with Gasteiger partial charge in [0, 0.05) is 12.2 Å². The average molecular weight is 281 g/mol. The maximum Gasteiger partial charge on any atom is 0.318 e. The molecule has 0 spiro atoms. The van der Waals surface area contributed by atoms with Gasteiger partial charge in [-0.05, 0) is 32.9 Å². The zero-order valence-electron chi connectivity index (χ0n) is 11.3. The van der Waals surface area contributed by atoms with Crippen LogP contribution in [0, 0.1) is 6.92 Å². The van der Waals surface area contributed by atoms with E-state index in [-0.39, 0.29) is 5.38 Å². The maximum absolute atomic E-state index is 5.92. The van der Waals surface area contributed by atoms with Gasteiger partial charge in [0.05, 0.1) is 12.2 Å². The van der Waals surface area contributed by atoms with Crippen LogP contribution in [0.5, 0.6) is 0 Å². The molecular weight excluding hydrogens is 264 g/mol. The van der Waals surface area contributed by atoms with Gasteiger partial charge in [-0.1, -0.05) is 11.2 Å². The fourth-order valence-electron chi connectivity index (χ4n) is 1.71. The summed E-state index contributed by atoms with van der Waals surface area (Å²) in [7, 11) is 0. The molecule has 2 heterocycles. The summed E-state index contributed by atoms with van der Waals surface area (Å²) in [5.41, 5.74) is 1.97. The largest absolute Gasteiger partial charge is 0.406 e. The van der Waals surface area contributed by atoms with E-state index in [1.54, 1.807) is 6.92 Å². The van der Waals surface area contributed by atoms with E-state index in [4.69, 9.17) is 16.0 Å². The van der Waals surface area contributed by atoms with Crippen molar-refractivity contribution in [2.75, 3.05) is 11.4 Å². The number of aromatic nitrogens is 3. The van der Waals surface area contributed by atoms with Crippen LogP contribution in [0.1, 0.15) is 36.5 Å². The Bertz CT molecular complexity index is 541. The molecule has 0 aliphatic heterocycles. The summed E-state index contributed by atoms with van der Waals surface area (Å²) in [5, 5.41) is 7.68. The third-order valence-electron chi connectivity index (χ3n) is 2.72. The van der Waals surface area contributed by atoms with Crippen LogP contribution in [0.2, 0.25) is 0 Å². The minimum absolute atomic E-state index is 0.281. The zero-order valence-corrected chi connectivity index (χ0v) is 12.1. The summed E-state index contributed by atoms with van der Waals surface area (Å²) in [6, 6.07) is 6.43. The highest BCUT2D eigenvalue weighted by Crippen LogP contribution is 2.22. The van der Waals surface area contributed by atoms with E-state index >= 15 is 0 Å². The van der Waals surface area contributed by atoms with Crippen molar-refractivity contribution in [2.24, 2.45) is 0 Å². The number of aryl methyl sites for hydroxylation is 1. The first-order valence-electron chi connectivity index (χ1n) is 6.25. The molecule has 0 fully saturated rings. The van der Waals surface area contributed by atoms with E-state index in [9.17, 15) is 0 Å². The molecule has 5 nitrogen and oxygen atoms in total. The standard InChI is InChI=1S/C13H17ClN4O/c1-4-18(8-11-7-5-6-9(2)15-11)13-17-16-12(19-13)10(3)14/h5-7,10H,4,8H2,1-3H3. The van der Waals surface area contributed by atoms with E-state index in [0.717, 1.165) is 17.9 Å². The van der Waals surface area contributed by atoms with Crippen molar-refractivity contribution in [1.29, 1.82) is 0 Å². The first-order chi connectivity index (χ1) is 9.10. The van der Waals surface area contributed by atoms with Crippen LogP contribution in [0.4, 0.5) is 6.01 Å². The van der Waals surface area contributed by atoms with E-state index in [1.807, 2.05) is 36.9 Å². The second kappa shape index (κ2) is 6.02. The lowest BCUT2D eigenvalue weighted by Gasteiger charge is -2.17. The molecule has 2 rings (SSSR count). The molecule has 0 saturated carbocycles. The lowest BCUT2D eigenvalue weighted by Crippen LogP contribution is -2.23. The first-order valence-corrected chi connectivity index (χ1v) is 6.68. The molecule has 0 bridgehead atoms. The Hall–Kier alpha value is -1.62. The number of anilines is 1. The van der Waals surface area contributed by atoms with Gasteiger partial charge in [-0.2, -0.15) is 0 Å². The number of nitrogens with zero attached hydrogens (tertiary/aromatic N) is 4. The lowest BCUT2D eigenvalue weighted by molar-refractivity contribution is 0.483. The predicted octanol–water partition coefficient (Wildman–Crippen LogP) is 3.10. The summed E-state index contributed by atoms with van der Waals surface area (Å²) in [4.78, 5) is 6.44. The highest BCUT2D eigenvalue weighted by molar-refractivity contribution is 6.20. The number of rotatable bonds is 5. The van der Waals surface area contributed by atoms with Gasteiger partial charge in [-0.15, -0.1) is 16.7 Å². The predicted molar refractivity (Wildman–Crippen MR) is 74.3 cm³/mol. The van der Waals surface area contributed by atoms with Crippen LogP contribution in [-0.4, -0.2) is 21.7 Å². The zero-order chi connectivity index (χ0) is 13.8. The molecule has 1 unspecified atom stereocenters. The van der Waals surface area contributed by atoms with Crippen LogP contribution >= 0.6 is 11.6 Å². The van der Waals surface area contributed by atoms with Gasteiger partial charge < -0.3 is 9.32 Å². The molecule has 2 aromatic heterocycles. The molecule has 1 atom stereocenters. The minimum Gasteiger partial charge on any atom is -0.406 e. The van der Waals surface area contributed by atoms with Crippen molar-refractivity contribution in [2.45, 2.75) is 32.7 Å². The molecule has 0 amide bonds. The number of hydrogen-bond acceptors (Lipinski definition) is 5. The van der Waals surface area contributed by atoms with Gasteiger partial charge in [-0.3, -0.25) is 4.98 Å². The fourth-order valence-corrected chi connectivity index (χ4v) is 1.80. The van der Waals surface area contributed by atoms with Crippen molar-refractivity contribution in [1.82, 2.24) is 15.2 Å². The van der Waals surface area contributed by atoms with Crippen molar-refractivity contribution in [3.8, 4) is 0 Å². The van der Waals surface area contributed by atoms with E-state index in [0.29, 0.717) is 18.5 Å². The van der Waals surface area contributed by atoms with Gasteiger partial charge >= 0.3 is 6.01 Å². The molecule has 0 aliphatic rings. The Morgan fingerprint density at radius 2 is 2.16 bits per heavy atom. The van der Waals surface area contributed by atoms with Crippen LogP contribution in [0.25, 0.3) is 0 Å². The second-order valence-electron chi connectivity index (χ2n) is 4.32. The normalized spacial score (nSPS) is 12.4. The quantitative estimate of drug-likeness (QED) is 0.788. The van der Waals surface area contributed by atoms with Crippen LogP contribution in [0.3, 0.4) is 0 Å². The van der Waals surface area contributed by atoms with Gasteiger partial charge in [-0.25, -0.2) is 0 Å².